The number of ketones is 1. The zero-order valence-electron chi connectivity index (χ0n) is 25.5. The first-order valence-electron chi connectivity index (χ1n) is 14.0. The molecular formula is C31H37F2N3O5S3. The van der Waals surface area contributed by atoms with Crippen LogP contribution in [0, 0.1) is 17.0 Å². The molecule has 2 aromatic rings. The topological polar surface area (TPSA) is 105 Å². The summed E-state index contributed by atoms with van der Waals surface area (Å²) in [5.74, 6) is -2.69. The Morgan fingerprint density at radius 3 is 2.41 bits per heavy atom. The van der Waals surface area contributed by atoms with E-state index in [1.165, 1.54) is 22.3 Å². The Hall–Kier alpha value is -3.16. The molecule has 0 radical (unpaired) electrons. The van der Waals surface area contributed by atoms with Gasteiger partial charge < -0.3 is 15.4 Å². The SMILES string of the molecule is CC(C)(C)CC(=O)[C@H](CCNC(=O)CCN1C(=O)/C(=C/c2cc(-c3ccc(F)c(F)c3)cs2)SC1=S)NC(=O)OC(C)(C)C. The lowest BCUT2D eigenvalue weighted by atomic mass is 9.87. The van der Waals surface area contributed by atoms with Crippen LogP contribution in [0.5, 0.6) is 0 Å². The van der Waals surface area contributed by atoms with Crippen LogP contribution in [0.25, 0.3) is 17.2 Å². The number of alkyl carbamates (subject to hydrolysis) is 1. The van der Waals surface area contributed by atoms with Crippen molar-refractivity contribution in [2.45, 2.75) is 72.4 Å². The number of hydrogen-bond donors (Lipinski definition) is 2. The number of thiocarbonyl (C=S) groups is 1. The van der Waals surface area contributed by atoms with E-state index in [0.717, 1.165) is 28.8 Å². The van der Waals surface area contributed by atoms with Crippen LogP contribution in [0.4, 0.5) is 13.6 Å². The molecule has 3 amide bonds. The smallest absolute Gasteiger partial charge is 0.408 e. The second-order valence-corrected chi connectivity index (χ2v) is 15.1. The van der Waals surface area contributed by atoms with Crippen LogP contribution in [0.3, 0.4) is 0 Å². The summed E-state index contributed by atoms with van der Waals surface area (Å²) < 4.78 is 32.5. The normalized spacial score (nSPS) is 15.5. The maximum atomic E-state index is 13.6. The van der Waals surface area contributed by atoms with Gasteiger partial charge in [-0.2, -0.15) is 0 Å². The Bertz CT molecular complexity index is 1460. The molecule has 1 aromatic heterocycles. The molecule has 0 unspecified atom stereocenters. The number of nitrogens with one attached hydrogen (secondary N) is 2. The number of carbonyl (C=O) groups excluding carboxylic acids is 4. The third-order valence-electron chi connectivity index (χ3n) is 6.12. The number of nitrogens with zero attached hydrogens (tertiary/aromatic N) is 1. The summed E-state index contributed by atoms with van der Waals surface area (Å²) in [5, 5.41) is 7.16. The minimum Gasteiger partial charge on any atom is -0.444 e. The van der Waals surface area contributed by atoms with E-state index in [0.29, 0.717) is 20.4 Å². The number of Topliss-reactive ketones (excluding diaryl/α,β-unsaturated/α-hetero) is 1. The van der Waals surface area contributed by atoms with Gasteiger partial charge in [-0.05, 0) is 73.4 Å². The van der Waals surface area contributed by atoms with Crippen LogP contribution in [0.1, 0.15) is 65.7 Å². The molecule has 0 saturated carbocycles. The minimum atomic E-state index is -0.938. The largest absolute Gasteiger partial charge is 0.444 e. The predicted octanol–water partition coefficient (Wildman–Crippen LogP) is 6.69. The molecule has 1 saturated heterocycles. The van der Waals surface area contributed by atoms with Gasteiger partial charge in [0.25, 0.3) is 5.91 Å². The molecule has 2 N–H and O–H groups in total. The molecule has 2 heterocycles. The highest BCUT2D eigenvalue weighted by Gasteiger charge is 2.32. The third kappa shape index (κ3) is 10.8. The Morgan fingerprint density at radius 2 is 1.77 bits per heavy atom. The summed E-state index contributed by atoms with van der Waals surface area (Å²) in [4.78, 5) is 53.3. The van der Waals surface area contributed by atoms with Crippen molar-refractivity contribution in [2.24, 2.45) is 5.41 Å². The van der Waals surface area contributed by atoms with Gasteiger partial charge in [-0.25, -0.2) is 13.6 Å². The van der Waals surface area contributed by atoms with Crippen LogP contribution in [-0.4, -0.2) is 57.6 Å². The Balaban J connectivity index is 1.53. The maximum Gasteiger partial charge on any atom is 0.408 e. The fourth-order valence-electron chi connectivity index (χ4n) is 4.14. The van der Waals surface area contributed by atoms with Crippen molar-refractivity contribution in [3.63, 3.8) is 0 Å². The van der Waals surface area contributed by atoms with Crippen molar-refractivity contribution in [3.05, 3.63) is 51.1 Å². The lowest BCUT2D eigenvalue weighted by Gasteiger charge is -2.25. The van der Waals surface area contributed by atoms with Gasteiger partial charge in [0.15, 0.2) is 17.4 Å². The lowest BCUT2D eigenvalue weighted by molar-refractivity contribution is -0.125. The molecule has 238 valence electrons. The molecule has 1 fully saturated rings. The molecule has 8 nitrogen and oxygen atoms in total. The average Bonchev–Trinajstić information content (AvgIpc) is 3.45. The first-order valence-corrected chi connectivity index (χ1v) is 16.1. The Labute approximate surface area is 270 Å². The highest BCUT2D eigenvalue weighted by Crippen LogP contribution is 2.35. The van der Waals surface area contributed by atoms with Crippen molar-refractivity contribution in [1.82, 2.24) is 15.5 Å². The molecule has 1 aliphatic rings. The molecule has 13 heteroatoms. The summed E-state index contributed by atoms with van der Waals surface area (Å²) in [6.07, 6.45) is 1.37. The number of halogens is 2. The van der Waals surface area contributed by atoms with E-state index in [1.54, 1.807) is 38.3 Å². The van der Waals surface area contributed by atoms with Gasteiger partial charge in [0.2, 0.25) is 5.91 Å². The first kappa shape index (κ1) is 35.3. The summed E-state index contributed by atoms with van der Waals surface area (Å²) >= 11 is 7.84. The van der Waals surface area contributed by atoms with Crippen LogP contribution in [-0.2, 0) is 19.1 Å². The Morgan fingerprint density at radius 1 is 1.07 bits per heavy atom. The number of hydrogen-bond acceptors (Lipinski definition) is 8. The van der Waals surface area contributed by atoms with Gasteiger partial charge in [0.1, 0.15) is 9.92 Å². The number of amides is 3. The van der Waals surface area contributed by atoms with Crippen molar-refractivity contribution in [3.8, 4) is 11.1 Å². The highest BCUT2D eigenvalue weighted by molar-refractivity contribution is 8.26. The summed E-state index contributed by atoms with van der Waals surface area (Å²) in [7, 11) is 0. The third-order valence-corrected chi connectivity index (χ3v) is 8.38. The molecule has 0 spiro atoms. The van der Waals surface area contributed by atoms with Gasteiger partial charge in [-0.3, -0.25) is 19.3 Å². The number of carbonyl (C=O) groups is 4. The summed E-state index contributed by atoms with van der Waals surface area (Å²) in [6.45, 7) is 11.2. The maximum absolute atomic E-state index is 13.6. The number of thiophene rings is 1. The van der Waals surface area contributed by atoms with Gasteiger partial charge in [-0.1, -0.05) is 50.8 Å². The molecule has 3 rings (SSSR count). The molecule has 1 aromatic carbocycles. The number of ether oxygens (including phenoxy) is 1. The van der Waals surface area contributed by atoms with Gasteiger partial charge >= 0.3 is 6.09 Å². The standard InChI is InChI=1S/C31H37F2N3O5S3/c1-30(2,3)16-24(37)23(35-28(40)41-31(4,5)6)9-11-34-26(38)10-12-36-27(39)25(44-29(36)42)15-20-13-19(17-43-20)18-7-8-21(32)22(33)14-18/h7-8,13-15,17,23H,9-12,16H2,1-6H3,(H,34,38)(H,35,40)/b25-15-/t23-/m0/s1. The quantitative estimate of drug-likeness (QED) is 0.204. The van der Waals surface area contributed by atoms with Gasteiger partial charge in [-0.15, -0.1) is 11.3 Å². The lowest BCUT2D eigenvalue weighted by Crippen LogP contribution is -2.46. The van der Waals surface area contributed by atoms with Crippen LogP contribution in [0.15, 0.2) is 34.6 Å². The molecule has 44 heavy (non-hydrogen) atoms. The zero-order chi connectivity index (χ0) is 32.8. The van der Waals surface area contributed by atoms with E-state index < -0.39 is 29.4 Å². The van der Waals surface area contributed by atoms with Crippen molar-refractivity contribution < 1.29 is 32.7 Å². The zero-order valence-corrected chi connectivity index (χ0v) is 28.0. The fraction of sp³-hybridized carbons (Fsp3) is 0.452. The minimum absolute atomic E-state index is 0.0148. The molecule has 0 bridgehead atoms. The van der Waals surface area contributed by atoms with Crippen molar-refractivity contribution in [2.75, 3.05) is 13.1 Å². The van der Waals surface area contributed by atoms with E-state index in [9.17, 15) is 28.0 Å². The van der Waals surface area contributed by atoms with E-state index in [2.05, 4.69) is 10.6 Å². The summed E-state index contributed by atoms with van der Waals surface area (Å²) in [6, 6.07) is 4.61. The first-order chi connectivity index (χ1) is 20.4. The van der Waals surface area contributed by atoms with E-state index in [-0.39, 0.29) is 55.4 Å². The average molecular weight is 666 g/mol. The molecule has 1 aliphatic heterocycles. The van der Waals surface area contributed by atoms with Crippen LogP contribution in [0.2, 0.25) is 0 Å². The molecular weight excluding hydrogens is 629 g/mol. The fourth-order valence-corrected chi connectivity index (χ4v) is 6.37. The predicted molar refractivity (Wildman–Crippen MR) is 174 cm³/mol. The monoisotopic (exact) mass is 665 g/mol. The van der Waals surface area contributed by atoms with E-state index in [4.69, 9.17) is 17.0 Å². The Kier molecular flexibility index (Phi) is 11.8. The number of benzene rings is 1. The van der Waals surface area contributed by atoms with Gasteiger partial charge in [0.05, 0.1) is 10.9 Å². The molecule has 1 atom stereocenters. The van der Waals surface area contributed by atoms with Crippen LogP contribution >= 0.6 is 35.3 Å². The van der Waals surface area contributed by atoms with Crippen molar-refractivity contribution in [1.29, 1.82) is 0 Å². The second-order valence-electron chi connectivity index (χ2n) is 12.5. The summed E-state index contributed by atoms with van der Waals surface area (Å²) in [5.41, 5.74) is 0.196. The van der Waals surface area contributed by atoms with Gasteiger partial charge in [0, 0.05) is 30.8 Å². The molecule has 0 aliphatic carbocycles. The number of rotatable bonds is 11. The van der Waals surface area contributed by atoms with E-state index in [1.807, 2.05) is 20.8 Å². The van der Waals surface area contributed by atoms with Crippen molar-refractivity contribution >= 4 is 69.4 Å². The second kappa shape index (κ2) is 14.7. The number of thioether (sulfide) groups is 1. The van der Waals surface area contributed by atoms with Crippen LogP contribution < -0.4 is 10.6 Å². The highest BCUT2D eigenvalue weighted by atomic mass is 32.2. The van der Waals surface area contributed by atoms with E-state index >= 15 is 0 Å².